The van der Waals surface area contributed by atoms with Crippen LogP contribution in [0.5, 0.6) is 0 Å². The number of nitrogens with zero attached hydrogens (tertiary/aromatic N) is 2. The molecule has 0 saturated carbocycles. The number of ether oxygens (including phenoxy) is 1. The zero-order valence-corrected chi connectivity index (χ0v) is 17.2. The molecule has 0 N–H and O–H groups in total. The summed E-state index contributed by atoms with van der Waals surface area (Å²) >= 11 is 2.00. The van der Waals surface area contributed by atoms with E-state index in [9.17, 15) is 0 Å². The van der Waals surface area contributed by atoms with E-state index >= 15 is 0 Å². The molecule has 5 rings (SSSR count). The van der Waals surface area contributed by atoms with Gasteiger partial charge in [0, 0.05) is 46.7 Å². The lowest BCUT2D eigenvalue weighted by atomic mass is 10.0. The fourth-order valence-electron chi connectivity index (χ4n) is 4.65. The number of hydrogen-bond acceptors (Lipinski definition) is 3. The first-order valence-electron chi connectivity index (χ1n) is 10.5. The number of rotatable bonds is 5. The SMILES string of the molecule is c1ccc2c(c1)SCCc1c-2n(CCCCN2CCOCC2)c2ccccc12. The van der Waals surface area contributed by atoms with Gasteiger partial charge in [-0.1, -0.05) is 36.4 Å². The molecule has 0 amide bonds. The zero-order valence-electron chi connectivity index (χ0n) is 16.4. The van der Waals surface area contributed by atoms with Gasteiger partial charge in [-0.25, -0.2) is 0 Å². The first kappa shape index (κ1) is 18.3. The number of thioether (sulfide) groups is 1. The lowest BCUT2D eigenvalue weighted by Gasteiger charge is -2.26. The van der Waals surface area contributed by atoms with Crippen LogP contribution in [0.25, 0.3) is 22.2 Å². The van der Waals surface area contributed by atoms with Crippen molar-refractivity contribution < 1.29 is 4.74 Å². The highest BCUT2D eigenvalue weighted by molar-refractivity contribution is 7.99. The van der Waals surface area contributed by atoms with Gasteiger partial charge in [0.2, 0.25) is 0 Å². The molecular weight excluding hydrogens is 364 g/mol. The standard InChI is InChI=1S/C24H28N2OS/c1-3-9-22-19(7-1)20-11-18-28-23-10-4-2-8-21(23)24(20)26(22)13-6-5-12-25-14-16-27-17-15-25/h1-4,7-10H,5-6,11-18H2. The Balaban J connectivity index is 1.45. The first-order valence-corrected chi connectivity index (χ1v) is 11.5. The van der Waals surface area contributed by atoms with Crippen molar-refractivity contribution in [3.63, 3.8) is 0 Å². The van der Waals surface area contributed by atoms with Gasteiger partial charge in [0.25, 0.3) is 0 Å². The van der Waals surface area contributed by atoms with Crippen molar-refractivity contribution in [2.45, 2.75) is 30.7 Å². The maximum Gasteiger partial charge on any atom is 0.0594 e. The smallest absolute Gasteiger partial charge is 0.0594 e. The van der Waals surface area contributed by atoms with E-state index in [0.717, 1.165) is 45.0 Å². The Morgan fingerprint density at radius 2 is 1.68 bits per heavy atom. The average Bonchev–Trinajstić information content (AvgIpc) is 2.93. The van der Waals surface area contributed by atoms with E-state index in [1.807, 2.05) is 11.8 Å². The Bertz CT molecular complexity index is 958. The van der Waals surface area contributed by atoms with Crippen LogP contribution in [-0.4, -0.2) is 48.1 Å². The summed E-state index contributed by atoms with van der Waals surface area (Å²) in [5.74, 6) is 1.16. The first-order chi connectivity index (χ1) is 13.9. The molecule has 1 fully saturated rings. The van der Waals surface area contributed by atoms with Gasteiger partial charge in [0.1, 0.15) is 0 Å². The second-order valence-corrected chi connectivity index (χ2v) is 8.89. The van der Waals surface area contributed by atoms with Crippen molar-refractivity contribution in [2.75, 3.05) is 38.6 Å². The average molecular weight is 393 g/mol. The molecule has 0 bridgehead atoms. The quantitative estimate of drug-likeness (QED) is 0.565. The highest BCUT2D eigenvalue weighted by Gasteiger charge is 2.22. The molecule has 2 aromatic carbocycles. The lowest BCUT2D eigenvalue weighted by molar-refractivity contribution is 0.0371. The maximum absolute atomic E-state index is 5.47. The molecule has 0 radical (unpaired) electrons. The topological polar surface area (TPSA) is 17.4 Å². The molecule has 0 aliphatic carbocycles. The second kappa shape index (κ2) is 8.32. The van der Waals surface area contributed by atoms with E-state index in [-0.39, 0.29) is 0 Å². The third-order valence-electron chi connectivity index (χ3n) is 6.04. The Labute approximate surface area is 171 Å². The monoisotopic (exact) mass is 392 g/mol. The number of aromatic nitrogens is 1. The van der Waals surface area contributed by atoms with Crippen LogP contribution < -0.4 is 0 Å². The number of unbranched alkanes of at least 4 members (excludes halogenated alkanes) is 1. The predicted octanol–water partition coefficient (Wildman–Crippen LogP) is 5.07. The van der Waals surface area contributed by atoms with Crippen molar-refractivity contribution in [1.82, 2.24) is 9.47 Å². The van der Waals surface area contributed by atoms with Gasteiger partial charge in [-0.3, -0.25) is 4.90 Å². The number of fused-ring (bicyclic) bond motifs is 5. The van der Waals surface area contributed by atoms with Gasteiger partial charge >= 0.3 is 0 Å². The fourth-order valence-corrected chi connectivity index (χ4v) is 5.67. The number of hydrogen-bond donors (Lipinski definition) is 0. The normalized spacial score (nSPS) is 17.3. The van der Waals surface area contributed by atoms with Crippen molar-refractivity contribution in [3.8, 4) is 11.3 Å². The van der Waals surface area contributed by atoms with Crippen molar-refractivity contribution in [1.29, 1.82) is 0 Å². The van der Waals surface area contributed by atoms with Crippen LogP contribution in [0, 0.1) is 0 Å². The lowest BCUT2D eigenvalue weighted by Crippen LogP contribution is -2.36. The van der Waals surface area contributed by atoms with Crippen LogP contribution in [0.3, 0.4) is 0 Å². The van der Waals surface area contributed by atoms with Gasteiger partial charge in [-0.15, -0.1) is 11.8 Å². The number of para-hydroxylation sites is 1. The molecule has 0 unspecified atom stereocenters. The van der Waals surface area contributed by atoms with Crippen LogP contribution in [0.2, 0.25) is 0 Å². The maximum atomic E-state index is 5.47. The third-order valence-corrected chi connectivity index (χ3v) is 7.11. The highest BCUT2D eigenvalue weighted by atomic mass is 32.2. The van der Waals surface area contributed by atoms with E-state index in [4.69, 9.17) is 4.74 Å². The molecule has 2 aliphatic rings. The van der Waals surface area contributed by atoms with E-state index < -0.39 is 0 Å². The number of morpholine rings is 1. The molecule has 3 aromatic rings. The Morgan fingerprint density at radius 1 is 0.893 bits per heavy atom. The summed E-state index contributed by atoms with van der Waals surface area (Å²) in [5.41, 5.74) is 5.83. The zero-order chi connectivity index (χ0) is 18.8. The fraction of sp³-hybridized carbons (Fsp3) is 0.417. The Hall–Kier alpha value is -1.75. The van der Waals surface area contributed by atoms with Crippen molar-refractivity contribution >= 4 is 22.7 Å². The van der Waals surface area contributed by atoms with Crippen LogP contribution in [-0.2, 0) is 17.7 Å². The summed E-state index contributed by atoms with van der Waals surface area (Å²) in [6.07, 6.45) is 3.62. The molecule has 146 valence electrons. The summed E-state index contributed by atoms with van der Waals surface area (Å²) in [7, 11) is 0. The minimum Gasteiger partial charge on any atom is -0.379 e. The van der Waals surface area contributed by atoms with E-state index in [1.165, 1.54) is 46.4 Å². The van der Waals surface area contributed by atoms with Crippen molar-refractivity contribution in [2.24, 2.45) is 0 Å². The van der Waals surface area contributed by atoms with Crippen LogP contribution >= 0.6 is 11.8 Å². The van der Waals surface area contributed by atoms with E-state index in [1.54, 1.807) is 5.56 Å². The predicted molar refractivity (Wildman–Crippen MR) is 118 cm³/mol. The number of benzene rings is 2. The Kier molecular flexibility index (Phi) is 5.43. The second-order valence-electron chi connectivity index (χ2n) is 7.75. The summed E-state index contributed by atoms with van der Waals surface area (Å²) in [4.78, 5) is 3.97. The number of aryl methyl sites for hydroxylation is 2. The molecule has 0 spiro atoms. The van der Waals surface area contributed by atoms with E-state index in [2.05, 4.69) is 58.0 Å². The summed E-state index contributed by atoms with van der Waals surface area (Å²) in [5, 5.41) is 1.45. The molecule has 4 heteroatoms. The van der Waals surface area contributed by atoms with Crippen LogP contribution in [0.15, 0.2) is 53.4 Å². The Morgan fingerprint density at radius 3 is 2.61 bits per heavy atom. The molecule has 1 saturated heterocycles. The van der Waals surface area contributed by atoms with Gasteiger partial charge in [-0.2, -0.15) is 0 Å². The van der Waals surface area contributed by atoms with Crippen LogP contribution in [0.1, 0.15) is 18.4 Å². The summed E-state index contributed by atoms with van der Waals surface area (Å²) in [6.45, 7) is 6.25. The van der Waals surface area contributed by atoms with E-state index in [0.29, 0.717) is 0 Å². The molecule has 2 aliphatic heterocycles. The largest absolute Gasteiger partial charge is 0.379 e. The minimum absolute atomic E-state index is 0.893. The van der Waals surface area contributed by atoms with Crippen molar-refractivity contribution in [3.05, 3.63) is 54.1 Å². The molecule has 3 nitrogen and oxygen atoms in total. The highest BCUT2D eigenvalue weighted by Crippen LogP contribution is 2.42. The molecule has 0 atom stereocenters. The molecule has 1 aromatic heterocycles. The summed E-state index contributed by atoms with van der Waals surface area (Å²) < 4.78 is 8.08. The molecule has 28 heavy (non-hydrogen) atoms. The molecular formula is C24H28N2OS. The van der Waals surface area contributed by atoms with Crippen LogP contribution in [0.4, 0.5) is 0 Å². The van der Waals surface area contributed by atoms with Gasteiger partial charge in [0.05, 0.1) is 18.9 Å². The molecule has 3 heterocycles. The van der Waals surface area contributed by atoms with Gasteiger partial charge in [-0.05, 0) is 43.5 Å². The van der Waals surface area contributed by atoms with Gasteiger partial charge < -0.3 is 9.30 Å². The minimum atomic E-state index is 0.893. The third kappa shape index (κ3) is 3.49. The summed E-state index contributed by atoms with van der Waals surface area (Å²) in [6, 6.07) is 18.0. The van der Waals surface area contributed by atoms with Gasteiger partial charge in [0.15, 0.2) is 0 Å².